The van der Waals surface area contributed by atoms with E-state index in [1.165, 1.54) is 16.8 Å². The predicted octanol–water partition coefficient (Wildman–Crippen LogP) is 8.69. The summed E-state index contributed by atoms with van der Waals surface area (Å²) in [5.74, 6) is 2.06. The van der Waals surface area contributed by atoms with Crippen LogP contribution in [-0.4, -0.2) is 24.7 Å². The van der Waals surface area contributed by atoms with E-state index in [1.807, 2.05) is 26.0 Å². The van der Waals surface area contributed by atoms with E-state index in [2.05, 4.69) is 45.6 Å². The van der Waals surface area contributed by atoms with E-state index in [0.29, 0.717) is 39.0 Å². The van der Waals surface area contributed by atoms with Crippen LogP contribution in [0.15, 0.2) is 70.9 Å². The number of carbonyl (C=O) groups is 2. The molecule has 0 fully saturated rings. The first-order chi connectivity index (χ1) is 20.2. The second-order valence-electron chi connectivity index (χ2n) is 13.8. The number of allylic oxidation sites excluding steroid dienone is 8. The Labute approximate surface area is 258 Å². The van der Waals surface area contributed by atoms with Crippen LogP contribution in [0, 0.1) is 6.92 Å². The summed E-state index contributed by atoms with van der Waals surface area (Å²) in [6.07, 6.45) is 9.57. The highest BCUT2D eigenvalue weighted by Crippen LogP contribution is 2.55. The average Bonchev–Trinajstić information content (AvgIpc) is 3.15. The van der Waals surface area contributed by atoms with Crippen LogP contribution in [0.3, 0.4) is 0 Å². The monoisotopic (exact) mass is 593 g/mol. The molecule has 4 aliphatic heterocycles. The summed E-state index contributed by atoms with van der Waals surface area (Å²) in [6.45, 7) is 17.2. The van der Waals surface area contributed by atoms with E-state index >= 15 is 0 Å². The number of anilines is 1. The second kappa shape index (κ2) is 9.33. The quantitative estimate of drug-likeness (QED) is 0.244. The lowest BCUT2D eigenvalue weighted by Gasteiger charge is -2.49. The molecule has 0 atom stereocenters. The van der Waals surface area contributed by atoms with Gasteiger partial charge in [0, 0.05) is 52.1 Å². The maximum absolute atomic E-state index is 13.4. The molecule has 0 saturated heterocycles. The molecule has 2 aromatic carbocycles. The number of hydrogen-bond donors (Lipinski definition) is 0. The van der Waals surface area contributed by atoms with Gasteiger partial charge in [-0.25, -0.2) is 0 Å². The molecule has 43 heavy (non-hydrogen) atoms. The first kappa shape index (κ1) is 28.0. The molecule has 2 aromatic rings. The Morgan fingerprint density at radius 2 is 1.51 bits per heavy atom. The largest absolute Gasteiger partial charge is 0.462 e. The van der Waals surface area contributed by atoms with Gasteiger partial charge in [0.15, 0.2) is 11.6 Å². The first-order valence-corrected chi connectivity index (χ1v) is 15.4. The highest BCUT2D eigenvalue weighted by Gasteiger charge is 2.43. The molecule has 0 bridgehead atoms. The maximum atomic E-state index is 13.4. The van der Waals surface area contributed by atoms with Gasteiger partial charge in [-0.05, 0) is 103 Å². The lowest BCUT2D eigenvalue weighted by atomic mass is 9.68. The molecular formula is C37H36ClNO4. The number of Topliss-reactive ketones (excluding diaryl/α,β-unsaturated/α-hetero) is 2. The smallest absolute Gasteiger partial charge is 0.198 e. The van der Waals surface area contributed by atoms with Gasteiger partial charge in [-0.3, -0.25) is 9.59 Å². The SMILES string of the molecule is CC1=C/C(=C2\C(=O)c3cc(C)c(Cl)cc3C2=O)C=C(/C=C2\C=C(C)c3cc4c5c(c3O2)C(C)(C)CCN5CCC4(C)C)O1. The van der Waals surface area contributed by atoms with Crippen molar-refractivity contribution in [2.45, 2.75) is 72.1 Å². The van der Waals surface area contributed by atoms with Crippen LogP contribution < -0.4 is 9.64 Å². The van der Waals surface area contributed by atoms with Crippen molar-refractivity contribution in [2.75, 3.05) is 18.0 Å². The van der Waals surface area contributed by atoms with E-state index in [1.54, 1.807) is 24.3 Å². The number of carbonyl (C=O) groups excluding carboxylic acids is 2. The molecule has 6 heteroatoms. The minimum absolute atomic E-state index is 0.0426. The summed E-state index contributed by atoms with van der Waals surface area (Å²) < 4.78 is 12.8. The minimum Gasteiger partial charge on any atom is -0.462 e. The van der Waals surface area contributed by atoms with Crippen LogP contribution in [0.2, 0.25) is 5.02 Å². The van der Waals surface area contributed by atoms with Gasteiger partial charge in [0.05, 0.1) is 5.57 Å². The molecule has 1 aliphatic carbocycles. The lowest BCUT2D eigenvalue weighted by Crippen LogP contribution is -2.45. The van der Waals surface area contributed by atoms with E-state index < -0.39 is 0 Å². The summed E-state index contributed by atoms with van der Waals surface area (Å²) in [4.78, 5) is 29.3. The van der Waals surface area contributed by atoms with Gasteiger partial charge in [0.25, 0.3) is 0 Å². The number of fused-ring (bicyclic) bond motifs is 3. The summed E-state index contributed by atoms with van der Waals surface area (Å²) in [6, 6.07) is 5.64. The van der Waals surface area contributed by atoms with Crippen molar-refractivity contribution in [1.82, 2.24) is 0 Å². The fourth-order valence-corrected chi connectivity index (χ4v) is 7.33. The normalized spacial score (nSPS) is 24.0. The number of halogens is 1. The van der Waals surface area contributed by atoms with Gasteiger partial charge in [0.1, 0.15) is 23.0 Å². The number of nitrogens with zero attached hydrogens (tertiary/aromatic N) is 1. The Kier molecular flexibility index (Phi) is 6.07. The molecule has 5 aliphatic rings. The standard InChI is InChI=1S/C37H36ClNO4/c1-19-12-23(43-35-25(19)17-28-32-31(35)37(6,7)9-11-39(32)10-8-36(28,4)5)16-24-15-22(14-21(3)42-24)30-33(40)26-13-20(2)29(38)18-27(26)34(30)41/h12-18H,8-11H2,1-7H3/b23-16+,30-22-. The molecule has 0 spiro atoms. The zero-order chi connectivity index (χ0) is 30.6. The van der Waals surface area contributed by atoms with Crippen LogP contribution in [0.4, 0.5) is 5.69 Å². The summed E-state index contributed by atoms with van der Waals surface area (Å²) in [5.41, 5.74) is 8.51. The number of ether oxygens (including phenoxy) is 2. The Morgan fingerprint density at radius 3 is 2.23 bits per heavy atom. The van der Waals surface area contributed by atoms with Gasteiger partial charge in [-0.1, -0.05) is 39.3 Å². The van der Waals surface area contributed by atoms with Crippen LogP contribution in [0.1, 0.15) is 97.4 Å². The molecule has 5 nitrogen and oxygen atoms in total. The number of aryl methyl sites for hydroxylation is 1. The third kappa shape index (κ3) is 4.27. The summed E-state index contributed by atoms with van der Waals surface area (Å²) in [7, 11) is 0. The molecule has 0 saturated carbocycles. The molecule has 0 radical (unpaired) electrons. The van der Waals surface area contributed by atoms with Gasteiger partial charge in [-0.15, -0.1) is 0 Å². The van der Waals surface area contributed by atoms with Gasteiger partial charge >= 0.3 is 0 Å². The van der Waals surface area contributed by atoms with E-state index in [0.717, 1.165) is 48.4 Å². The van der Waals surface area contributed by atoms with E-state index in [-0.39, 0.29) is 28.0 Å². The van der Waals surface area contributed by atoms with E-state index in [4.69, 9.17) is 21.1 Å². The Hall–Kier alpha value is -3.83. The number of benzene rings is 2. The molecule has 4 heterocycles. The van der Waals surface area contributed by atoms with Gasteiger partial charge in [0.2, 0.25) is 0 Å². The molecule has 7 rings (SSSR count). The maximum Gasteiger partial charge on any atom is 0.198 e. The van der Waals surface area contributed by atoms with Crippen LogP contribution in [0.5, 0.6) is 5.75 Å². The average molecular weight is 594 g/mol. The second-order valence-corrected chi connectivity index (χ2v) is 14.2. The Morgan fingerprint density at radius 1 is 0.837 bits per heavy atom. The van der Waals surface area contributed by atoms with Crippen molar-refractivity contribution >= 4 is 34.4 Å². The summed E-state index contributed by atoms with van der Waals surface area (Å²) in [5, 5.41) is 0.470. The molecular weight excluding hydrogens is 558 g/mol. The minimum atomic E-state index is -0.316. The number of hydrogen-bond acceptors (Lipinski definition) is 5. The van der Waals surface area contributed by atoms with Gasteiger partial charge in [-0.2, -0.15) is 0 Å². The number of ketones is 2. The predicted molar refractivity (Wildman–Crippen MR) is 171 cm³/mol. The van der Waals surface area contributed by atoms with Crippen molar-refractivity contribution in [1.29, 1.82) is 0 Å². The van der Waals surface area contributed by atoms with Crippen molar-refractivity contribution in [3.8, 4) is 5.75 Å². The fraction of sp³-hybridized carbons (Fsp3) is 0.351. The van der Waals surface area contributed by atoms with Crippen LogP contribution in [-0.2, 0) is 15.6 Å². The number of rotatable bonds is 1. The third-order valence-corrected chi connectivity index (χ3v) is 10.1. The Balaban J connectivity index is 1.32. The summed E-state index contributed by atoms with van der Waals surface area (Å²) >= 11 is 6.29. The Bertz CT molecular complexity index is 1800. The van der Waals surface area contributed by atoms with E-state index in [9.17, 15) is 9.59 Å². The third-order valence-electron chi connectivity index (χ3n) is 9.74. The molecule has 0 aromatic heterocycles. The molecule has 0 N–H and O–H groups in total. The zero-order valence-electron chi connectivity index (χ0n) is 25.8. The first-order valence-electron chi connectivity index (χ1n) is 15.0. The van der Waals surface area contributed by atoms with Crippen LogP contribution in [0.25, 0.3) is 5.57 Å². The van der Waals surface area contributed by atoms with Crippen molar-refractivity contribution in [3.05, 3.63) is 109 Å². The highest BCUT2D eigenvalue weighted by molar-refractivity contribution is 6.41. The van der Waals surface area contributed by atoms with Gasteiger partial charge < -0.3 is 14.4 Å². The molecule has 0 amide bonds. The van der Waals surface area contributed by atoms with Crippen molar-refractivity contribution in [3.63, 3.8) is 0 Å². The van der Waals surface area contributed by atoms with Crippen LogP contribution >= 0.6 is 11.6 Å². The zero-order valence-corrected chi connectivity index (χ0v) is 26.6. The topological polar surface area (TPSA) is 55.8 Å². The highest BCUT2D eigenvalue weighted by atomic mass is 35.5. The molecule has 220 valence electrons. The van der Waals surface area contributed by atoms with Crippen molar-refractivity contribution < 1.29 is 19.1 Å². The molecule has 0 unspecified atom stereocenters. The van der Waals surface area contributed by atoms with Crippen molar-refractivity contribution in [2.24, 2.45) is 0 Å². The fourth-order valence-electron chi connectivity index (χ4n) is 7.17. The lowest BCUT2D eigenvalue weighted by molar-refractivity contribution is 0.0987.